The Kier molecular flexibility index (Phi) is 5.94. The lowest BCUT2D eigenvalue weighted by Crippen LogP contribution is -2.42. The molecule has 0 saturated heterocycles. The van der Waals surface area contributed by atoms with Gasteiger partial charge in [0, 0.05) is 11.6 Å². The van der Waals surface area contributed by atoms with E-state index in [0.717, 1.165) is 0 Å². The molecule has 0 aliphatic rings. The molecule has 20 heavy (non-hydrogen) atoms. The molecule has 0 amide bonds. The van der Waals surface area contributed by atoms with Crippen molar-refractivity contribution < 1.29 is 18.3 Å². The summed E-state index contributed by atoms with van der Waals surface area (Å²) in [6.45, 7) is 3.89. The predicted molar refractivity (Wildman–Crippen MR) is 76.7 cm³/mol. The topological polar surface area (TPSA) is 95.5 Å². The van der Waals surface area contributed by atoms with Crippen LogP contribution < -0.4 is 9.44 Å². The summed E-state index contributed by atoms with van der Waals surface area (Å²) >= 11 is 5.90. The van der Waals surface area contributed by atoms with Crippen LogP contribution in [-0.4, -0.2) is 26.0 Å². The van der Waals surface area contributed by atoms with Crippen LogP contribution in [0.4, 0.5) is 0 Å². The van der Waals surface area contributed by atoms with Gasteiger partial charge in [0.05, 0.1) is 0 Å². The monoisotopic (exact) mass is 320 g/mol. The van der Waals surface area contributed by atoms with E-state index in [4.69, 9.17) is 11.6 Å². The van der Waals surface area contributed by atoms with E-state index in [2.05, 4.69) is 9.44 Å². The molecule has 0 aromatic heterocycles. The van der Waals surface area contributed by atoms with E-state index in [0.29, 0.717) is 0 Å². The number of hydrogen-bond acceptors (Lipinski definition) is 3. The molecule has 0 unspecified atom stereocenters. The molecule has 1 aromatic carbocycles. The molecular weight excluding hydrogens is 304 g/mol. The number of hydrogen-bond donors (Lipinski definition) is 3. The maximum absolute atomic E-state index is 11.8. The molecule has 0 saturated carbocycles. The first-order valence-corrected chi connectivity index (χ1v) is 7.83. The summed E-state index contributed by atoms with van der Waals surface area (Å²) in [4.78, 5) is 11.3. The molecule has 0 aliphatic heterocycles. The fourth-order valence-electron chi connectivity index (χ4n) is 1.43. The molecule has 1 atom stereocenters. The Bertz CT molecular complexity index is 575. The normalized spacial score (nSPS) is 13.4. The van der Waals surface area contributed by atoms with Crippen LogP contribution in [0.5, 0.6) is 0 Å². The van der Waals surface area contributed by atoms with Gasteiger partial charge in [0.15, 0.2) is 0 Å². The van der Waals surface area contributed by atoms with Crippen LogP contribution >= 0.6 is 11.6 Å². The fraction of sp³-hybridized carbons (Fsp3) is 0.417. The van der Waals surface area contributed by atoms with Crippen molar-refractivity contribution >= 4 is 27.8 Å². The second-order valence-electron chi connectivity index (χ2n) is 4.66. The molecular formula is C12H17ClN2O4S. The van der Waals surface area contributed by atoms with Gasteiger partial charge < -0.3 is 5.11 Å². The molecule has 6 nitrogen and oxygen atoms in total. The number of rotatable bonds is 7. The number of carboxylic acid groups (broad SMARTS) is 1. The highest BCUT2D eigenvalue weighted by molar-refractivity contribution is 7.87. The predicted octanol–water partition coefficient (Wildman–Crippen LogP) is 1.55. The molecule has 0 radical (unpaired) electrons. The van der Waals surface area contributed by atoms with Crippen molar-refractivity contribution in [2.45, 2.75) is 19.9 Å². The van der Waals surface area contributed by atoms with Crippen molar-refractivity contribution in [3.05, 3.63) is 34.9 Å². The number of carboxylic acids is 1. The van der Waals surface area contributed by atoms with Gasteiger partial charge in [-0.15, -0.1) is 0 Å². The number of halogens is 1. The third kappa shape index (κ3) is 5.09. The van der Waals surface area contributed by atoms with Crippen molar-refractivity contribution in [1.29, 1.82) is 0 Å². The molecule has 0 heterocycles. The highest BCUT2D eigenvalue weighted by Crippen LogP contribution is 2.23. The molecule has 8 heteroatoms. The van der Waals surface area contributed by atoms with Crippen molar-refractivity contribution in [2.75, 3.05) is 6.54 Å². The van der Waals surface area contributed by atoms with Crippen LogP contribution in [0.15, 0.2) is 24.3 Å². The minimum absolute atomic E-state index is 0.107. The van der Waals surface area contributed by atoms with E-state index in [9.17, 15) is 18.3 Å². The van der Waals surface area contributed by atoms with Gasteiger partial charge in [0.1, 0.15) is 6.04 Å². The van der Waals surface area contributed by atoms with Gasteiger partial charge in [0.2, 0.25) is 0 Å². The van der Waals surface area contributed by atoms with Crippen LogP contribution in [-0.2, 0) is 15.0 Å². The Morgan fingerprint density at radius 3 is 2.45 bits per heavy atom. The Labute approximate surface area is 123 Å². The van der Waals surface area contributed by atoms with Gasteiger partial charge in [-0.05, 0) is 17.5 Å². The van der Waals surface area contributed by atoms with E-state index in [-0.39, 0.29) is 23.0 Å². The lowest BCUT2D eigenvalue weighted by atomic mass is 10.1. The maximum atomic E-state index is 11.8. The zero-order chi connectivity index (χ0) is 15.3. The lowest BCUT2D eigenvalue weighted by Gasteiger charge is -2.17. The number of nitrogens with one attached hydrogen (secondary N) is 2. The first kappa shape index (κ1) is 16.9. The smallest absolute Gasteiger partial charge is 0.326 e. The Morgan fingerprint density at radius 2 is 1.95 bits per heavy atom. The summed E-state index contributed by atoms with van der Waals surface area (Å²) in [6, 6.07) is 4.76. The number of aliphatic carboxylic acids is 1. The van der Waals surface area contributed by atoms with Gasteiger partial charge >= 0.3 is 5.97 Å². The summed E-state index contributed by atoms with van der Waals surface area (Å²) < 4.78 is 28.0. The van der Waals surface area contributed by atoms with Crippen molar-refractivity contribution in [3.8, 4) is 0 Å². The summed E-state index contributed by atoms with van der Waals surface area (Å²) in [7, 11) is -3.93. The second kappa shape index (κ2) is 7.03. The maximum Gasteiger partial charge on any atom is 0.326 e. The first-order valence-electron chi connectivity index (χ1n) is 5.97. The van der Waals surface area contributed by atoms with E-state index in [1.807, 2.05) is 13.8 Å². The zero-order valence-corrected chi connectivity index (χ0v) is 12.7. The minimum Gasteiger partial charge on any atom is -0.480 e. The van der Waals surface area contributed by atoms with Gasteiger partial charge in [-0.25, -0.2) is 4.72 Å². The third-order valence-corrected chi connectivity index (χ3v) is 3.85. The van der Waals surface area contributed by atoms with Crippen LogP contribution in [0.3, 0.4) is 0 Å². The Morgan fingerprint density at radius 1 is 1.35 bits per heavy atom. The van der Waals surface area contributed by atoms with Gasteiger partial charge in [-0.3, -0.25) is 4.79 Å². The van der Waals surface area contributed by atoms with Crippen LogP contribution in [0.2, 0.25) is 5.02 Å². The molecule has 0 bridgehead atoms. The third-order valence-electron chi connectivity index (χ3n) is 2.42. The fourth-order valence-corrected chi connectivity index (χ4v) is 2.85. The standard InChI is InChI=1S/C12H17ClN2O4S/c1-8(2)7-14-20(18,19)15-11(12(16)17)9-5-3-4-6-10(9)13/h3-6,8,11,14-15H,7H2,1-2H3,(H,16,17)/t11-/m1/s1. The lowest BCUT2D eigenvalue weighted by molar-refractivity contribution is -0.139. The number of carbonyl (C=O) groups is 1. The van der Waals surface area contributed by atoms with Crippen LogP contribution in [0, 0.1) is 5.92 Å². The molecule has 0 spiro atoms. The summed E-state index contributed by atoms with van der Waals surface area (Å²) in [5, 5.41) is 9.37. The highest BCUT2D eigenvalue weighted by atomic mass is 35.5. The van der Waals surface area contributed by atoms with Crippen molar-refractivity contribution in [3.63, 3.8) is 0 Å². The minimum atomic E-state index is -3.93. The average molecular weight is 321 g/mol. The summed E-state index contributed by atoms with van der Waals surface area (Å²) in [5.41, 5.74) is 0.191. The second-order valence-corrected chi connectivity index (χ2v) is 6.59. The van der Waals surface area contributed by atoms with Crippen molar-refractivity contribution in [1.82, 2.24) is 9.44 Å². The molecule has 3 N–H and O–H groups in total. The molecule has 112 valence electrons. The van der Waals surface area contributed by atoms with E-state index in [1.165, 1.54) is 12.1 Å². The Balaban J connectivity index is 2.95. The number of benzene rings is 1. The van der Waals surface area contributed by atoms with E-state index < -0.39 is 22.2 Å². The SMILES string of the molecule is CC(C)CNS(=O)(=O)N[C@@H](C(=O)O)c1ccccc1Cl. The average Bonchev–Trinajstić information content (AvgIpc) is 2.34. The Hall–Kier alpha value is -1.15. The molecule has 0 aliphatic carbocycles. The zero-order valence-electron chi connectivity index (χ0n) is 11.1. The summed E-state index contributed by atoms with van der Waals surface area (Å²) in [5.74, 6) is -1.22. The van der Waals surface area contributed by atoms with E-state index in [1.54, 1.807) is 12.1 Å². The molecule has 1 aromatic rings. The van der Waals surface area contributed by atoms with E-state index >= 15 is 0 Å². The van der Waals surface area contributed by atoms with Crippen molar-refractivity contribution in [2.24, 2.45) is 5.92 Å². The quantitative estimate of drug-likeness (QED) is 0.710. The molecule has 0 fully saturated rings. The highest BCUT2D eigenvalue weighted by Gasteiger charge is 2.27. The molecule has 1 rings (SSSR count). The van der Waals surface area contributed by atoms with Gasteiger partial charge in [-0.1, -0.05) is 43.6 Å². The van der Waals surface area contributed by atoms with Crippen LogP contribution in [0.1, 0.15) is 25.5 Å². The summed E-state index contributed by atoms with van der Waals surface area (Å²) in [6.07, 6.45) is 0. The first-order chi connectivity index (χ1) is 9.23. The van der Waals surface area contributed by atoms with Gasteiger partial charge in [-0.2, -0.15) is 13.1 Å². The van der Waals surface area contributed by atoms with Crippen LogP contribution in [0.25, 0.3) is 0 Å². The largest absolute Gasteiger partial charge is 0.480 e. The van der Waals surface area contributed by atoms with Gasteiger partial charge in [0.25, 0.3) is 10.2 Å².